The van der Waals surface area contributed by atoms with Gasteiger partial charge in [0.05, 0.1) is 63.3 Å². The van der Waals surface area contributed by atoms with E-state index in [1.54, 1.807) is 66.7 Å². The number of nitrogens with one attached hydrogen (secondary N) is 3. The van der Waals surface area contributed by atoms with Crippen LogP contribution in [-0.2, 0) is 35.3 Å². The zero-order chi connectivity index (χ0) is 54.7. The summed E-state index contributed by atoms with van der Waals surface area (Å²) in [6.45, 7) is 9.79. The van der Waals surface area contributed by atoms with E-state index in [4.69, 9.17) is 47.3 Å². The van der Waals surface area contributed by atoms with Gasteiger partial charge < -0.3 is 54.8 Å². The Kier molecular flexibility index (Phi) is 19.5. The monoisotopic (exact) mass is 1090 g/mol. The highest BCUT2D eigenvalue weighted by molar-refractivity contribution is 6.34. The van der Waals surface area contributed by atoms with Crippen molar-refractivity contribution < 1.29 is 63.1 Å². The zero-order valence-electron chi connectivity index (χ0n) is 42.8. The number of methoxy groups -OCH3 is 1. The third-order valence-electron chi connectivity index (χ3n) is 13.3. The normalized spacial score (nSPS) is 17.2. The number of hydrogen-bond acceptors (Lipinski definition) is 16. The van der Waals surface area contributed by atoms with Crippen molar-refractivity contribution in [3.63, 3.8) is 0 Å². The van der Waals surface area contributed by atoms with Gasteiger partial charge in [0.15, 0.2) is 5.69 Å². The van der Waals surface area contributed by atoms with Crippen molar-refractivity contribution in [3.8, 4) is 45.3 Å². The van der Waals surface area contributed by atoms with E-state index in [2.05, 4.69) is 21.0 Å². The topological polar surface area (TPSA) is 270 Å². The fraction of sp³-hybridized carbons (Fsp3) is 0.471. The number of ether oxygens (including phenoxy) is 3. The number of benzene rings is 3. The van der Waals surface area contributed by atoms with Crippen molar-refractivity contribution in [3.05, 3.63) is 75.9 Å². The number of morpholine rings is 1. The second-order valence-corrected chi connectivity index (χ2v) is 20.0. The van der Waals surface area contributed by atoms with E-state index in [0.717, 1.165) is 0 Å². The molecule has 23 nitrogen and oxygen atoms in total. The third-order valence-corrected chi connectivity index (χ3v) is 13.7. The second-order valence-electron chi connectivity index (χ2n) is 19.1. The molecule has 3 aliphatic heterocycles. The van der Waals surface area contributed by atoms with Crippen LogP contribution < -0.4 is 30.4 Å². The lowest BCUT2D eigenvalue weighted by Crippen LogP contribution is -2.55. The molecule has 0 bridgehead atoms. The highest BCUT2D eigenvalue weighted by atomic mass is 35.5. The molecule has 1 unspecified atom stereocenters. The number of fused-ring (bicyclic) bond motifs is 3. The molecule has 3 aliphatic rings. The first kappa shape index (κ1) is 57.1. The van der Waals surface area contributed by atoms with Crippen molar-refractivity contribution in [2.24, 2.45) is 0 Å². The van der Waals surface area contributed by atoms with Crippen LogP contribution in [-0.4, -0.2) is 209 Å². The lowest BCUT2D eigenvalue weighted by molar-refractivity contribution is -0.143. The maximum absolute atomic E-state index is 14.4. The Balaban J connectivity index is 0.998. The van der Waals surface area contributed by atoms with Crippen LogP contribution in [0.5, 0.6) is 17.2 Å². The smallest absolute Gasteiger partial charge is 0.326 e. The number of aliphatic carboxylic acids is 3. The van der Waals surface area contributed by atoms with Crippen molar-refractivity contribution in [1.29, 1.82) is 0 Å². The van der Waals surface area contributed by atoms with E-state index in [-0.39, 0.29) is 64.1 Å². The predicted molar refractivity (Wildman–Crippen MR) is 279 cm³/mol. The van der Waals surface area contributed by atoms with Crippen LogP contribution >= 0.6 is 23.2 Å². The SMILES string of the molecule is CCN1CCN(CC(=O)O)CCN(CC(=O)O)CCN(CC(=O)NC(CC(=O)NCNOc2cccc(-c3cc4c(cc3OC)OCc3c(C(=O)N5CCOCC5(C)C)nn(-c5cc(Cl)cc(Cl)c5)c3-4)c2)C(=O)O)CC1. The Bertz CT molecular complexity index is 2760. The first-order valence-corrected chi connectivity index (χ1v) is 25.5. The van der Waals surface area contributed by atoms with Gasteiger partial charge in [-0.25, -0.2) is 9.48 Å². The van der Waals surface area contributed by atoms with Gasteiger partial charge in [-0.15, -0.1) is 5.48 Å². The van der Waals surface area contributed by atoms with E-state index < -0.39 is 47.7 Å². The number of halogens is 2. The summed E-state index contributed by atoms with van der Waals surface area (Å²) in [7, 11) is 1.53. The van der Waals surface area contributed by atoms with Gasteiger partial charge in [0.1, 0.15) is 36.6 Å². The van der Waals surface area contributed by atoms with Crippen LogP contribution in [0.2, 0.25) is 10.0 Å². The molecule has 0 spiro atoms. The molecule has 0 saturated carbocycles. The molecular weight excluding hydrogens is 1030 g/mol. The van der Waals surface area contributed by atoms with Gasteiger partial charge in [0, 0.05) is 91.7 Å². The highest BCUT2D eigenvalue weighted by Crippen LogP contribution is 2.47. The van der Waals surface area contributed by atoms with Gasteiger partial charge in [-0.05, 0) is 62.4 Å². The summed E-state index contributed by atoms with van der Waals surface area (Å²) >= 11 is 13.0. The largest absolute Gasteiger partial charge is 0.496 e. The first-order valence-electron chi connectivity index (χ1n) is 24.8. The molecule has 4 aromatic rings. The van der Waals surface area contributed by atoms with E-state index in [1.807, 2.05) is 32.9 Å². The maximum Gasteiger partial charge on any atom is 0.326 e. The van der Waals surface area contributed by atoms with Crippen LogP contribution in [0.1, 0.15) is 43.2 Å². The van der Waals surface area contributed by atoms with Crippen LogP contribution in [0.15, 0.2) is 54.6 Å². The molecule has 4 heterocycles. The molecular formula is C51H64Cl2N10O13. The minimum absolute atomic E-state index is 0.0397. The fourth-order valence-electron chi connectivity index (χ4n) is 9.29. The highest BCUT2D eigenvalue weighted by Gasteiger charge is 2.39. The molecule has 2 fully saturated rings. The number of carboxylic acids is 3. The average Bonchev–Trinajstić information content (AvgIpc) is 3.82. The summed E-state index contributed by atoms with van der Waals surface area (Å²) in [5.74, 6) is -3.76. The number of carboxylic acid groups (broad SMARTS) is 3. The quantitative estimate of drug-likeness (QED) is 0.0448. The van der Waals surface area contributed by atoms with E-state index in [0.29, 0.717) is 120 Å². The number of rotatable bonds is 19. The Labute approximate surface area is 449 Å². The van der Waals surface area contributed by atoms with Crippen molar-refractivity contribution in [1.82, 2.24) is 50.4 Å². The number of amides is 3. The number of likely N-dealkylation sites (N-methyl/N-ethyl adjacent to an activating group) is 1. The molecule has 3 aromatic carbocycles. The van der Waals surface area contributed by atoms with E-state index in [1.165, 1.54) is 7.11 Å². The summed E-state index contributed by atoms with van der Waals surface area (Å²) in [4.78, 5) is 91.2. The molecule has 1 aromatic heterocycles. The van der Waals surface area contributed by atoms with Gasteiger partial charge in [-0.2, -0.15) is 5.10 Å². The summed E-state index contributed by atoms with van der Waals surface area (Å²) in [6.07, 6.45) is -0.589. The standard InChI is InChI=1S/C51H64Cl2N10O13/c1-5-58-9-11-59(13-14-61(28-46(68)69)16-15-60(12-10-58)27-45(66)67)26-44(65)56-40(50(71)72)24-43(64)54-31-55-76-36-8-6-7-32(19-36)37-23-38-42(25-41(37)73-4)75-29-39-47(49(70)62-17-18-74-30-51(62,2)3)57-63(48(38)39)35-21-33(52)20-34(53)22-35/h6-8,19-23,25,40,55H,5,9-18,24,26-31H2,1-4H3,(H,54,64)(H,56,65)(H,66,67)(H,68,69)(H,71,72). The van der Waals surface area contributed by atoms with Gasteiger partial charge >= 0.3 is 17.9 Å². The maximum atomic E-state index is 14.4. The average molecular weight is 1100 g/mol. The van der Waals surface area contributed by atoms with Crippen LogP contribution in [0.4, 0.5) is 0 Å². The number of aromatic nitrogens is 2. The summed E-state index contributed by atoms with van der Waals surface area (Å²) < 4.78 is 19.5. The summed E-state index contributed by atoms with van der Waals surface area (Å²) in [5, 5.41) is 39.6. The Morgan fingerprint density at radius 1 is 0.789 bits per heavy atom. The van der Waals surface area contributed by atoms with Crippen LogP contribution in [0.3, 0.4) is 0 Å². The zero-order valence-corrected chi connectivity index (χ0v) is 44.3. The second kappa shape index (κ2) is 26.0. The number of carbonyl (C=O) groups excluding carboxylic acids is 3. The number of carbonyl (C=O) groups is 6. The van der Waals surface area contributed by atoms with Crippen LogP contribution in [0, 0.1) is 0 Å². The van der Waals surface area contributed by atoms with Crippen molar-refractivity contribution >= 4 is 58.8 Å². The molecule has 0 radical (unpaired) electrons. The predicted octanol–water partition coefficient (Wildman–Crippen LogP) is 2.99. The molecule has 6 N–H and O–H groups in total. The van der Waals surface area contributed by atoms with E-state index >= 15 is 0 Å². The van der Waals surface area contributed by atoms with Crippen molar-refractivity contribution in [2.45, 2.75) is 45.4 Å². The first-order chi connectivity index (χ1) is 36.3. The molecule has 7 rings (SSSR count). The van der Waals surface area contributed by atoms with E-state index in [9.17, 15) is 44.1 Å². The van der Waals surface area contributed by atoms with Gasteiger partial charge in [-0.1, -0.05) is 42.3 Å². The summed E-state index contributed by atoms with van der Waals surface area (Å²) in [5.41, 5.74) is 5.89. The van der Waals surface area contributed by atoms with Gasteiger partial charge in [0.25, 0.3) is 5.91 Å². The Hall–Kier alpha value is -6.57. The van der Waals surface area contributed by atoms with Gasteiger partial charge in [-0.3, -0.25) is 38.7 Å². The molecule has 2 saturated heterocycles. The van der Waals surface area contributed by atoms with Crippen LogP contribution in [0.25, 0.3) is 28.1 Å². The minimum Gasteiger partial charge on any atom is -0.496 e. The Morgan fingerprint density at radius 2 is 1.42 bits per heavy atom. The lowest BCUT2D eigenvalue weighted by atomic mass is 9.95. The molecule has 3 amide bonds. The Morgan fingerprint density at radius 3 is 2.01 bits per heavy atom. The lowest BCUT2D eigenvalue weighted by Gasteiger charge is -2.41. The molecule has 25 heteroatoms. The number of nitrogens with zero attached hydrogens (tertiary/aromatic N) is 7. The summed E-state index contributed by atoms with van der Waals surface area (Å²) in [6, 6.07) is 14.1. The molecule has 76 heavy (non-hydrogen) atoms. The van der Waals surface area contributed by atoms with Crippen molar-refractivity contribution in [2.75, 3.05) is 112 Å². The van der Waals surface area contributed by atoms with Gasteiger partial charge in [0.2, 0.25) is 11.8 Å². The third kappa shape index (κ3) is 14.9. The molecule has 0 aliphatic carbocycles. The minimum atomic E-state index is -1.56. The number of hydrogen-bond donors (Lipinski definition) is 6. The fourth-order valence-corrected chi connectivity index (χ4v) is 9.80. The molecule has 410 valence electrons. The molecule has 1 atom stereocenters. The number of hydroxylamine groups is 1.